The highest BCUT2D eigenvalue weighted by atomic mass is 35.5. The van der Waals surface area contributed by atoms with E-state index in [-0.39, 0.29) is 35.5 Å². The summed E-state index contributed by atoms with van der Waals surface area (Å²) in [5.74, 6) is 0.0302. The van der Waals surface area contributed by atoms with Gasteiger partial charge in [-0.2, -0.15) is 0 Å². The second kappa shape index (κ2) is 15.5. The number of ether oxygens (including phenoxy) is 1. The maximum atomic E-state index is 15.1. The molecule has 3 atom stereocenters. The smallest absolute Gasteiger partial charge is 0.317 e. The maximum absolute atomic E-state index is 15.1. The van der Waals surface area contributed by atoms with Crippen LogP contribution in [0.25, 0.3) is 0 Å². The third-order valence-electron chi connectivity index (χ3n) is 7.62. The molecular weight excluding hydrogens is 495 g/mol. The molecule has 1 saturated carbocycles. The minimum Gasteiger partial charge on any atom is -0.371 e. The second-order valence-corrected chi connectivity index (χ2v) is 10.8. The lowest BCUT2D eigenvalue weighted by molar-refractivity contribution is -0.121. The average Bonchev–Trinajstić information content (AvgIpc) is 2.91. The van der Waals surface area contributed by atoms with Gasteiger partial charge in [0.1, 0.15) is 5.82 Å². The molecule has 208 valence electrons. The first kappa shape index (κ1) is 29.7. The van der Waals surface area contributed by atoms with Gasteiger partial charge < -0.3 is 25.6 Å². The van der Waals surface area contributed by atoms with Crippen molar-refractivity contribution >= 4 is 23.5 Å². The Balaban J connectivity index is 1.66. The van der Waals surface area contributed by atoms with E-state index in [4.69, 9.17) is 16.3 Å². The first-order valence-electron chi connectivity index (χ1n) is 13.9. The molecule has 7 nitrogen and oxygen atoms in total. The zero-order valence-electron chi connectivity index (χ0n) is 22.4. The fraction of sp³-hybridized carbons (Fsp3) is 0.714. The Bertz CT molecular complexity index is 868. The van der Waals surface area contributed by atoms with Crippen molar-refractivity contribution in [2.45, 2.75) is 76.9 Å². The third kappa shape index (κ3) is 9.11. The molecule has 0 aromatic heterocycles. The average molecular weight is 539 g/mol. The number of benzene rings is 1. The maximum Gasteiger partial charge on any atom is 0.317 e. The van der Waals surface area contributed by atoms with Crippen LogP contribution in [0.3, 0.4) is 0 Å². The van der Waals surface area contributed by atoms with Crippen LogP contribution < -0.4 is 16.0 Å². The molecule has 0 bridgehead atoms. The van der Waals surface area contributed by atoms with E-state index in [1.807, 2.05) is 11.9 Å². The van der Waals surface area contributed by atoms with Crippen molar-refractivity contribution in [2.24, 2.45) is 11.8 Å². The lowest BCUT2D eigenvalue weighted by atomic mass is 9.85. The van der Waals surface area contributed by atoms with E-state index in [0.717, 1.165) is 25.8 Å². The summed E-state index contributed by atoms with van der Waals surface area (Å²) < 4.78 is 21.2. The SMILES string of the molecule is CCC(=O)NCCO[C@@H](c1cccc(Cl)c1F)C1CCCN(C(=O)N[C@H](CNC)CC2CCCCC2)C1. The predicted molar refractivity (Wildman–Crippen MR) is 145 cm³/mol. The molecule has 3 amide bonds. The van der Waals surface area contributed by atoms with E-state index in [0.29, 0.717) is 37.5 Å². The molecule has 1 aliphatic carbocycles. The topological polar surface area (TPSA) is 82.7 Å². The van der Waals surface area contributed by atoms with Gasteiger partial charge in [-0.25, -0.2) is 9.18 Å². The van der Waals surface area contributed by atoms with Gasteiger partial charge in [-0.1, -0.05) is 62.8 Å². The first-order valence-corrected chi connectivity index (χ1v) is 14.3. The number of likely N-dealkylation sites (N-methyl/N-ethyl adjacent to an activating group) is 1. The summed E-state index contributed by atoms with van der Waals surface area (Å²) in [6, 6.07) is 4.95. The molecule has 9 heteroatoms. The Hall–Kier alpha value is -1.90. The summed E-state index contributed by atoms with van der Waals surface area (Å²) in [4.78, 5) is 26.8. The number of hydrogen-bond donors (Lipinski definition) is 3. The first-order chi connectivity index (χ1) is 17.9. The summed E-state index contributed by atoms with van der Waals surface area (Å²) in [7, 11) is 1.92. The molecule has 1 unspecified atom stereocenters. The quantitative estimate of drug-likeness (QED) is 0.325. The zero-order chi connectivity index (χ0) is 26.6. The number of hydrogen-bond acceptors (Lipinski definition) is 4. The number of likely N-dealkylation sites (tertiary alicyclic amines) is 1. The number of urea groups is 1. The predicted octanol–water partition coefficient (Wildman–Crippen LogP) is 5.04. The van der Waals surface area contributed by atoms with Gasteiger partial charge in [0.05, 0.1) is 17.7 Å². The van der Waals surface area contributed by atoms with Gasteiger partial charge in [0.25, 0.3) is 0 Å². The summed E-state index contributed by atoms with van der Waals surface area (Å²) >= 11 is 6.10. The molecule has 1 heterocycles. The van der Waals surface area contributed by atoms with Crippen LogP contribution in [0.4, 0.5) is 9.18 Å². The van der Waals surface area contributed by atoms with Gasteiger partial charge in [-0.3, -0.25) is 4.79 Å². The van der Waals surface area contributed by atoms with Gasteiger partial charge in [0, 0.05) is 50.1 Å². The largest absolute Gasteiger partial charge is 0.371 e. The van der Waals surface area contributed by atoms with Crippen LogP contribution in [0.1, 0.15) is 76.4 Å². The van der Waals surface area contributed by atoms with Crippen molar-refractivity contribution in [3.8, 4) is 0 Å². The van der Waals surface area contributed by atoms with Crippen LogP contribution in [0, 0.1) is 17.7 Å². The van der Waals surface area contributed by atoms with Crippen LogP contribution in [-0.4, -0.2) is 62.7 Å². The minimum atomic E-state index is -0.567. The Morgan fingerprint density at radius 1 is 1.19 bits per heavy atom. The fourth-order valence-corrected chi connectivity index (χ4v) is 5.88. The highest BCUT2D eigenvalue weighted by Gasteiger charge is 2.33. The van der Waals surface area contributed by atoms with E-state index in [2.05, 4.69) is 16.0 Å². The molecule has 1 aromatic carbocycles. The molecule has 0 spiro atoms. The number of carbonyl (C=O) groups is 2. The number of piperidine rings is 1. The third-order valence-corrected chi connectivity index (χ3v) is 7.92. The normalized spacial score (nSPS) is 20.3. The van der Waals surface area contributed by atoms with E-state index >= 15 is 4.39 Å². The molecule has 1 saturated heterocycles. The second-order valence-electron chi connectivity index (χ2n) is 10.4. The molecule has 2 aliphatic rings. The van der Waals surface area contributed by atoms with Gasteiger partial charge in [0.15, 0.2) is 0 Å². The number of amides is 3. The molecular formula is C28H44ClFN4O3. The van der Waals surface area contributed by atoms with Gasteiger partial charge in [-0.05, 0) is 38.3 Å². The Morgan fingerprint density at radius 3 is 2.70 bits per heavy atom. The monoisotopic (exact) mass is 538 g/mol. The fourth-order valence-electron chi connectivity index (χ4n) is 5.69. The van der Waals surface area contributed by atoms with E-state index in [1.165, 1.54) is 38.2 Å². The van der Waals surface area contributed by atoms with Gasteiger partial charge in [0.2, 0.25) is 5.91 Å². The standard InChI is InChI=1S/C28H44ClFN4O3/c1-3-25(35)32-14-16-37-27(23-12-7-13-24(29)26(23)30)21-11-8-15-34(19-21)28(36)33-22(18-31-2)17-20-9-5-4-6-10-20/h7,12-13,20-22,27,31H,3-6,8-11,14-19H2,1-2H3,(H,32,35)(H,33,36)/t21?,22-,27+/m0/s1. The molecule has 37 heavy (non-hydrogen) atoms. The van der Waals surface area contributed by atoms with Crippen molar-refractivity contribution < 1.29 is 18.7 Å². The van der Waals surface area contributed by atoms with Crippen LogP contribution in [0.5, 0.6) is 0 Å². The van der Waals surface area contributed by atoms with Crippen molar-refractivity contribution in [1.29, 1.82) is 0 Å². The van der Waals surface area contributed by atoms with Gasteiger partial charge in [-0.15, -0.1) is 0 Å². The molecule has 3 N–H and O–H groups in total. The molecule has 0 radical (unpaired) electrons. The molecule has 1 aromatic rings. The molecule has 2 fully saturated rings. The number of nitrogens with one attached hydrogen (secondary N) is 3. The van der Waals surface area contributed by atoms with Crippen molar-refractivity contribution in [3.05, 3.63) is 34.6 Å². The highest BCUT2D eigenvalue weighted by Crippen LogP contribution is 2.36. The number of rotatable bonds is 12. The van der Waals surface area contributed by atoms with Crippen molar-refractivity contribution in [2.75, 3.05) is 39.8 Å². The number of halogens is 2. The van der Waals surface area contributed by atoms with Crippen molar-refractivity contribution in [3.63, 3.8) is 0 Å². The Morgan fingerprint density at radius 2 is 1.97 bits per heavy atom. The van der Waals surface area contributed by atoms with Crippen LogP contribution in [-0.2, 0) is 9.53 Å². The number of carbonyl (C=O) groups excluding carboxylic acids is 2. The summed E-state index contributed by atoms with van der Waals surface area (Å²) in [6.45, 7) is 4.25. The van der Waals surface area contributed by atoms with E-state index in [9.17, 15) is 9.59 Å². The summed E-state index contributed by atoms with van der Waals surface area (Å²) in [5, 5.41) is 9.34. The molecule has 3 rings (SSSR count). The van der Waals surface area contributed by atoms with Crippen LogP contribution >= 0.6 is 11.6 Å². The molecule has 1 aliphatic heterocycles. The summed E-state index contributed by atoms with van der Waals surface area (Å²) in [5.41, 5.74) is 0.395. The Labute approximate surface area is 226 Å². The Kier molecular flexibility index (Phi) is 12.4. The summed E-state index contributed by atoms with van der Waals surface area (Å²) in [6.07, 6.45) is 8.80. The zero-order valence-corrected chi connectivity index (χ0v) is 23.1. The minimum absolute atomic E-state index is 0.0495. The lowest BCUT2D eigenvalue weighted by Gasteiger charge is -2.38. The highest BCUT2D eigenvalue weighted by molar-refractivity contribution is 6.30. The number of nitrogens with zero attached hydrogens (tertiary/aromatic N) is 1. The van der Waals surface area contributed by atoms with E-state index in [1.54, 1.807) is 19.1 Å². The van der Waals surface area contributed by atoms with E-state index < -0.39 is 11.9 Å². The lowest BCUT2D eigenvalue weighted by Crippen LogP contribution is -2.52. The van der Waals surface area contributed by atoms with Crippen molar-refractivity contribution in [1.82, 2.24) is 20.9 Å². The van der Waals surface area contributed by atoms with Crippen LogP contribution in [0.2, 0.25) is 5.02 Å². The van der Waals surface area contributed by atoms with Gasteiger partial charge >= 0.3 is 6.03 Å². The van der Waals surface area contributed by atoms with Crippen LogP contribution in [0.15, 0.2) is 18.2 Å².